The molecule has 188 valence electrons. The Morgan fingerprint density at radius 1 is 0.971 bits per heavy atom. The maximum Gasteiger partial charge on any atom is 0.245 e. The van der Waals surface area contributed by atoms with Gasteiger partial charge in [0, 0.05) is 44.3 Å². The number of benzene rings is 2. The average Bonchev–Trinajstić information content (AvgIpc) is 2.87. The molecule has 0 radical (unpaired) electrons. The Morgan fingerprint density at radius 2 is 1.66 bits per heavy atom. The van der Waals surface area contributed by atoms with Gasteiger partial charge in [0.2, 0.25) is 10.0 Å². The fourth-order valence-electron chi connectivity index (χ4n) is 5.22. The van der Waals surface area contributed by atoms with Crippen LogP contribution in [0.5, 0.6) is 11.5 Å². The van der Waals surface area contributed by atoms with Crippen LogP contribution in [0.3, 0.4) is 0 Å². The van der Waals surface area contributed by atoms with Gasteiger partial charge in [0.1, 0.15) is 4.90 Å². The summed E-state index contributed by atoms with van der Waals surface area (Å²) in [5.74, 6) is 2.04. The lowest BCUT2D eigenvalue weighted by Crippen LogP contribution is -2.42. The van der Waals surface area contributed by atoms with Crippen LogP contribution in [0.4, 0.5) is 0 Å². The summed E-state index contributed by atoms with van der Waals surface area (Å²) in [7, 11) is -0.231. The van der Waals surface area contributed by atoms with Gasteiger partial charge in [-0.1, -0.05) is 18.2 Å². The van der Waals surface area contributed by atoms with Crippen molar-refractivity contribution in [3.63, 3.8) is 0 Å². The molecule has 5 rings (SSSR count). The second kappa shape index (κ2) is 10.7. The zero-order chi connectivity index (χ0) is 23.7. The van der Waals surface area contributed by atoms with E-state index in [-0.39, 0.29) is 12.4 Å². The zero-order valence-corrected chi connectivity index (χ0v) is 21.8. The van der Waals surface area contributed by atoms with Crippen molar-refractivity contribution >= 4 is 33.3 Å². The summed E-state index contributed by atoms with van der Waals surface area (Å²) < 4.78 is 39.4. The third-order valence-corrected chi connectivity index (χ3v) is 9.03. The third kappa shape index (κ3) is 5.11. The molecule has 1 fully saturated rings. The van der Waals surface area contributed by atoms with E-state index in [0.717, 1.165) is 55.8 Å². The van der Waals surface area contributed by atoms with Gasteiger partial charge in [0.15, 0.2) is 11.5 Å². The summed E-state index contributed by atoms with van der Waals surface area (Å²) in [6.45, 7) is 3.97. The first-order valence-corrected chi connectivity index (χ1v) is 13.2. The van der Waals surface area contributed by atoms with Crippen LogP contribution >= 0.6 is 12.4 Å². The number of piperidine rings is 1. The van der Waals surface area contributed by atoms with E-state index in [1.807, 2.05) is 18.2 Å². The lowest BCUT2D eigenvalue weighted by molar-refractivity contribution is 0.171. The van der Waals surface area contributed by atoms with Gasteiger partial charge in [-0.15, -0.1) is 12.4 Å². The summed E-state index contributed by atoms with van der Waals surface area (Å²) in [6.07, 6.45) is 4.37. The Balaban J connectivity index is 0.00000289. The summed E-state index contributed by atoms with van der Waals surface area (Å²) in [4.78, 5) is 7.14. The fourth-order valence-corrected chi connectivity index (χ4v) is 6.85. The number of hydrogen-bond acceptors (Lipinski definition) is 6. The molecule has 0 bridgehead atoms. The Morgan fingerprint density at radius 3 is 2.37 bits per heavy atom. The molecule has 9 heteroatoms. The van der Waals surface area contributed by atoms with Gasteiger partial charge >= 0.3 is 0 Å². The van der Waals surface area contributed by atoms with Crippen molar-refractivity contribution in [2.24, 2.45) is 5.92 Å². The molecule has 2 aliphatic rings. The number of para-hydroxylation sites is 1. The Kier molecular flexibility index (Phi) is 7.86. The maximum absolute atomic E-state index is 13.4. The van der Waals surface area contributed by atoms with E-state index >= 15 is 0 Å². The SMILES string of the molecule is COc1cc2c(cc1OC)CN(CC1CCN(S(=O)(=O)c3cccc4cccnc34)CC1)CC2.Cl. The Bertz CT molecular complexity index is 1290. The van der Waals surface area contributed by atoms with Crippen molar-refractivity contribution in [3.8, 4) is 11.5 Å². The smallest absolute Gasteiger partial charge is 0.245 e. The molecule has 0 amide bonds. The molecule has 3 heterocycles. The Hall–Kier alpha value is -2.39. The number of methoxy groups -OCH3 is 2. The molecule has 0 unspecified atom stereocenters. The molecule has 0 N–H and O–H groups in total. The van der Waals surface area contributed by atoms with Crippen LogP contribution in [-0.4, -0.2) is 63.0 Å². The number of aromatic nitrogens is 1. The number of nitrogens with zero attached hydrogens (tertiary/aromatic N) is 3. The molecule has 0 aliphatic carbocycles. The van der Waals surface area contributed by atoms with E-state index in [0.29, 0.717) is 29.4 Å². The number of hydrogen-bond donors (Lipinski definition) is 0. The van der Waals surface area contributed by atoms with Crippen LogP contribution in [-0.2, 0) is 23.0 Å². The zero-order valence-electron chi connectivity index (χ0n) is 20.1. The molecule has 0 atom stereocenters. The molecule has 2 aromatic carbocycles. The van der Waals surface area contributed by atoms with Gasteiger partial charge in [-0.05, 0) is 60.6 Å². The Labute approximate surface area is 213 Å². The van der Waals surface area contributed by atoms with Crippen molar-refractivity contribution in [3.05, 3.63) is 59.8 Å². The highest BCUT2D eigenvalue weighted by Crippen LogP contribution is 2.34. The minimum atomic E-state index is -3.57. The number of rotatable bonds is 6. The fraction of sp³-hybridized carbons (Fsp3) is 0.423. The van der Waals surface area contributed by atoms with Crippen LogP contribution < -0.4 is 9.47 Å². The quantitative estimate of drug-likeness (QED) is 0.489. The van der Waals surface area contributed by atoms with Gasteiger partial charge in [0.05, 0.1) is 19.7 Å². The molecule has 3 aromatic rings. The minimum Gasteiger partial charge on any atom is -0.493 e. The number of sulfonamides is 1. The second-order valence-corrected chi connectivity index (χ2v) is 11.0. The highest BCUT2D eigenvalue weighted by molar-refractivity contribution is 7.89. The molecule has 1 saturated heterocycles. The lowest BCUT2D eigenvalue weighted by atomic mass is 9.94. The van der Waals surface area contributed by atoms with Crippen LogP contribution in [0.15, 0.2) is 53.6 Å². The van der Waals surface area contributed by atoms with Crippen molar-refractivity contribution in [2.75, 3.05) is 40.4 Å². The molecule has 7 nitrogen and oxygen atoms in total. The van der Waals surface area contributed by atoms with Gasteiger partial charge in [-0.25, -0.2) is 8.42 Å². The highest BCUT2D eigenvalue weighted by atomic mass is 35.5. The first-order valence-electron chi connectivity index (χ1n) is 11.8. The number of halogens is 1. The minimum absolute atomic E-state index is 0. The van der Waals surface area contributed by atoms with Gasteiger partial charge in [-0.2, -0.15) is 4.31 Å². The van der Waals surface area contributed by atoms with E-state index in [1.54, 1.807) is 36.9 Å². The molecule has 0 spiro atoms. The predicted molar refractivity (Wildman–Crippen MR) is 139 cm³/mol. The summed E-state index contributed by atoms with van der Waals surface area (Å²) >= 11 is 0. The first-order chi connectivity index (χ1) is 16.5. The third-order valence-electron chi connectivity index (χ3n) is 7.10. The van der Waals surface area contributed by atoms with Crippen LogP contribution in [0.2, 0.25) is 0 Å². The molecule has 2 aliphatic heterocycles. The topological polar surface area (TPSA) is 72.0 Å². The summed E-state index contributed by atoms with van der Waals surface area (Å²) in [5.41, 5.74) is 3.15. The average molecular weight is 518 g/mol. The van der Waals surface area contributed by atoms with Crippen molar-refractivity contribution in [2.45, 2.75) is 30.7 Å². The maximum atomic E-state index is 13.4. The van der Waals surface area contributed by atoms with Gasteiger partial charge < -0.3 is 9.47 Å². The molecule has 1 aromatic heterocycles. The largest absolute Gasteiger partial charge is 0.493 e. The van der Waals surface area contributed by atoms with E-state index in [2.05, 4.69) is 22.0 Å². The highest BCUT2D eigenvalue weighted by Gasteiger charge is 2.32. The molecular formula is C26H32ClN3O4S. The van der Waals surface area contributed by atoms with E-state index in [1.165, 1.54) is 11.1 Å². The molecule has 35 heavy (non-hydrogen) atoms. The number of fused-ring (bicyclic) bond motifs is 2. The van der Waals surface area contributed by atoms with E-state index in [4.69, 9.17) is 9.47 Å². The molecule has 0 saturated carbocycles. The molecular weight excluding hydrogens is 486 g/mol. The van der Waals surface area contributed by atoms with Crippen molar-refractivity contribution in [1.82, 2.24) is 14.2 Å². The van der Waals surface area contributed by atoms with E-state index in [9.17, 15) is 8.42 Å². The van der Waals surface area contributed by atoms with E-state index < -0.39 is 10.0 Å². The monoisotopic (exact) mass is 517 g/mol. The first kappa shape index (κ1) is 25.7. The summed E-state index contributed by atoms with van der Waals surface area (Å²) in [5, 5.41) is 0.845. The lowest BCUT2D eigenvalue weighted by Gasteiger charge is -2.36. The number of ether oxygens (including phenoxy) is 2. The normalized spacial score (nSPS) is 17.5. The van der Waals surface area contributed by atoms with Crippen LogP contribution in [0, 0.1) is 5.92 Å². The standard InChI is InChI=1S/C26H31N3O4S.ClH/c1-32-23-15-21-10-12-28(18-22(21)16-24(23)33-2)17-19-8-13-29(14-9-19)34(30,31)25-7-3-5-20-6-4-11-27-26(20)25;/h3-7,11,15-16,19H,8-10,12-14,17-18H2,1-2H3;1H. The van der Waals surface area contributed by atoms with Crippen LogP contribution in [0.25, 0.3) is 10.9 Å². The summed E-state index contributed by atoms with van der Waals surface area (Å²) in [6, 6.07) is 13.3. The number of pyridine rings is 1. The predicted octanol–water partition coefficient (Wildman–Crippen LogP) is 4.13. The van der Waals surface area contributed by atoms with Crippen molar-refractivity contribution in [1.29, 1.82) is 0 Å². The van der Waals surface area contributed by atoms with Crippen LogP contribution in [0.1, 0.15) is 24.0 Å². The van der Waals surface area contributed by atoms with Crippen molar-refractivity contribution < 1.29 is 17.9 Å². The van der Waals surface area contributed by atoms with Gasteiger partial charge in [0.25, 0.3) is 0 Å². The second-order valence-electron chi connectivity index (χ2n) is 9.14. The van der Waals surface area contributed by atoms with Gasteiger partial charge in [-0.3, -0.25) is 9.88 Å².